The first-order chi connectivity index (χ1) is 10.6. The fourth-order valence-corrected chi connectivity index (χ4v) is 2.67. The number of rotatable bonds is 6. The van der Waals surface area contributed by atoms with Gasteiger partial charge in [-0.25, -0.2) is 0 Å². The van der Waals surface area contributed by atoms with Gasteiger partial charge in [0.05, 0.1) is 33.3 Å². The van der Waals surface area contributed by atoms with E-state index in [-0.39, 0.29) is 5.91 Å². The number of nitrogens with zero attached hydrogens (tertiary/aromatic N) is 1. The molecule has 1 aromatic rings. The van der Waals surface area contributed by atoms with E-state index >= 15 is 0 Å². The summed E-state index contributed by atoms with van der Waals surface area (Å²) in [6.07, 6.45) is 0. The lowest BCUT2D eigenvalue weighted by Crippen LogP contribution is -3.16. The van der Waals surface area contributed by atoms with Gasteiger partial charge >= 0.3 is 0 Å². The number of piperazine rings is 1. The van der Waals surface area contributed by atoms with Crippen molar-refractivity contribution < 1.29 is 14.4 Å². The average Bonchev–Trinajstić information content (AvgIpc) is 2.54. The van der Waals surface area contributed by atoms with Crippen LogP contribution in [0.15, 0.2) is 24.3 Å². The Kier molecular flexibility index (Phi) is 6.07. The summed E-state index contributed by atoms with van der Waals surface area (Å²) in [4.78, 5) is 15.6. The monoisotopic (exact) mass is 306 g/mol. The first-order valence-electron chi connectivity index (χ1n) is 8.07. The van der Waals surface area contributed by atoms with Crippen molar-refractivity contribution in [2.75, 3.05) is 51.3 Å². The van der Waals surface area contributed by atoms with Gasteiger partial charge in [-0.3, -0.25) is 4.79 Å². The zero-order valence-electron chi connectivity index (χ0n) is 13.9. The van der Waals surface area contributed by atoms with Gasteiger partial charge in [-0.15, -0.1) is 0 Å². The minimum absolute atomic E-state index is 0.165. The molecular weight excluding hydrogens is 278 g/mol. The van der Waals surface area contributed by atoms with Crippen LogP contribution in [0.25, 0.3) is 0 Å². The summed E-state index contributed by atoms with van der Waals surface area (Å²) >= 11 is 0. The van der Waals surface area contributed by atoms with Crippen LogP contribution in [-0.4, -0.2) is 52.3 Å². The summed E-state index contributed by atoms with van der Waals surface area (Å²) in [6, 6.07) is 8.17. The number of quaternary nitrogens is 1. The van der Waals surface area contributed by atoms with E-state index in [4.69, 9.17) is 4.74 Å². The molecule has 1 saturated heterocycles. The Morgan fingerprint density at radius 2 is 2.09 bits per heavy atom. The zero-order chi connectivity index (χ0) is 15.9. The molecule has 0 atom stereocenters. The third-order valence-corrected chi connectivity index (χ3v) is 4.01. The molecule has 0 spiro atoms. The molecular formula is C17H28N3O2+. The average molecular weight is 306 g/mol. The smallest absolute Gasteiger partial charge is 0.275 e. The normalized spacial score (nSPS) is 15.9. The van der Waals surface area contributed by atoms with Gasteiger partial charge in [-0.05, 0) is 18.1 Å². The van der Waals surface area contributed by atoms with Crippen LogP contribution in [0.3, 0.4) is 0 Å². The number of anilines is 1. The molecule has 1 amide bonds. The molecule has 2 rings (SSSR count). The molecule has 1 fully saturated rings. The number of hydrogen-bond acceptors (Lipinski definition) is 3. The van der Waals surface area contributed by atoms with E-state index in [1.165, 1.54) is 10.6 Å². The van der Waals surface area contributed by atoms with Crippen molar-refractivity contribution in [1.29, 1.82) is 0 Å². The minimum atomic E-state index is 0.165. The molecule has 0 unspecified atom stereocenters. The summed E-state index contributed by atoms with van der Waals surface area (Å²) in [5.41, 5.74) is 1.20. The van der Waals surface area contributed by atoms with Crippen LogP contribution in [0.1, 0.15) is 13.8 Å². The van der Waals surface area contributed by atoms with E-state index in [0.29, 0.717) is 12.5 Å². The van der Waals surface area contributed by atoms with Gasteiger partial charge in [0.2, 0.25) is 0 Å². The molecule has 1 aliphatic heterocycles. The number of carbonyl (C=O) groups excluding carboxylic acids is 1. The molecule has 0 saturated carbocycles. The van der Waals surface area contributed by atoms with Gasteiger partial charge in [0.15, 0.2) is 6.54 Å². The van der Waals surface area contributed by atoms with Crippen LogP contribution >= 0.6 is 0 Å². The van der Waals surface area contributed by atoms with Crippen molar-refractivity contribution in [1.82, 2.24) is 5.32 Å². The standard InChI is InChI=1S/C17H27N3O2/c1-14(2)12-18-17(21)13-19-7-9-20(10-8-19)15-5-4-6-16(11-15)22-3/h4-6,11,14H,7-10,12-13H2,1-3H3,(H,18,21)/p+1. The lowest BCUT2D eigenvalue weighted by Gasteiger charge is -2.33. The Labute approximate surface area is 133 Å². The maximum atomic E-state index is 11.9. The van der Waals surface area contributed by atoms with E-state index in [1.807, 2.05) is 12.1 Å². The number of carbonyl (C=O) groups is 1. The van der Waals surface area contributed by atoms with Gasteiger partial charge in [-0.2, -0.15) is 0 Å². The molecule has 5 heteroatoms. The van der Waals surface area contributed by atoms with Crippen molar-refractivity contribution in [3.63, 3.8) is 0 Å². The second-order valence-electron chi connectivity index (χ2n) is 6.31. The van der Waals surface area contributed by atoms with E-state index < -0.39 is 0 Å². The maximum Gasteiger partial charge on any atom is 0.275 e. The van der Waals surface area contributed by atoms with Crippen LogP contribution in [0.5, 0.6) is 5.75 Å². The molecule has 5 nitrogen and oxygen atoms in total. The molecule has 0 aromatic heterocycles. The van der Waals surface area contributed by atoms with Crippen LogP contribution in [-0.2, 0) is 4.79 Å². The highest BCUT2D eigenvalue weighted by molar-refractivity contribution is 5.76. The summed E-state index contributed by atoms with van der Waals surface area (Å²) < 4.78 is 5.28. The van der Waals surface area contributed by atoms with Crippen LogP contribution in [0.4, 0.5) is 5.69 Å². The predicted octanol–water partition coefficient (Wildman–Crippen LogP) is 0.172. The molecule has 122 valence electrons. The first kappa shape index (κ1) is 16.6. The molecule has 1 aromatic carbocycles. The number of nitrogens with one attached hydrogen (secondary N) is 2. The van der Waals surface area contributed by atoms with Crippen LogP contribution in [0.2, 0.25) is 0 Å². The SMILES string of the molecule is COc1cccc(N2CC[NH+](CC(=O)NCC(C)C)CC2)c1. The summed E-state index contributed by atoms with van der Waals surface area (Å²) in [5.74, 6) is 1.56. The van der Waals surface area contributed by atoms with Gasteiger partial charge < -0.3 is 19.9 Å². The van der Waals surface area contributed by atoms with E-state index in [2.05, 4.69) is 36.2 Å². The van der Waals surface area contributed by atoms with Gasteiger partial charge in [0, 0.05) is 18.3 Å². The van der Waals surface area contributed by atoms with Crippen molar-refractivity contribution in [2.24, 2.45) is 5.92 Å². The number of benzene rings is 1. The Morgan fingerprint density at radius 3 is 2.73 bits per heavy atom. The lowest BCUT2D eigenvalue weighted by molar-refractivity contribution is -0.892. The van der Waals surface area contributed by atoms with Gasteiger partial charge in [-0.1, -0.05) is 19.9 Å². The fourth-order valence-electron chi connectivity index (χ4n) is 2.67. The van der Waals surface area contributed by atoms with E-state index in [9.17, 15) is 4.79 Å². The van der Waals surface area contributed by atoms with Crippen molar-refractivity contribution in [3.05, 3.63) is 24.3 Å². The Hall–Kier alpha value is -1.75. The molecule has 0 aliphatic carbocycles. The number of methoxy groups -OCH3 is 1. The molecule has 2 N–H and O–H groups in total. The maximum absolute atomic E-state index is 11.9. The largest absolute Gasteiger partial charge is 0.497 e. The molecule has 1 heterocycles. The van der Waals surface area contributed by atoms with E-state index in [0.717, 1.165) is 38.5 Å². The highest BCUT2D eigenvalue weighted by atomic mass is 16.5. The first-order valence-corrected chi connectivity index (χ1v) is 8.07. The fraction of sp³-hybridized carbons (Fsp3) is 0.588. The molecule has 0 radical (unpaired) electrons. The lowest BCUT2D eigenvalue weighted by atomic mass is 10.2. The quantitative estimate of drug-likeness (QED) is 0.788. The summed E-state index contributed by atoms with van der Waals surface area (Å²) in [7, 11) is 1.69. The third kappa shape index (κ3) is 4.91. The second kappa shape index (κ2) is 8.03. The molecule has 1 aliphatic rings. The number of amides is 1. The van der Waals surface area contributed by atoms with E-state index in [1.54, 1.807) is 7.11 Å². The summed E-state index contributed by atoms with van der Waals surface area (Å²) in [6.45, 7) is 9.50. The van der Waals surface area contributed by atoms with Crippen molar-refractivity contribution >= 4 is 11.6 Å². The third-order valence-electron chi connectivity index (χ3n) is 4.01. The topological polar surface area (TPSA) is 46.0 Å². The Bertz CT molecular complexity index is 483. The highest BCUT2D eigenvalue weighted by Crippen LogP contribution is 2.20. The predicted molar refractivity (Wildman–Crippen MR) is 88.6 cm³/mol. The van der Waals surface area contributed by atoms with Gasteiger partial charge in [0.1, 0.15) is 5.75 Å². The van der Waals surface area contributed by atoms with Crippen LogP contribution < -0.4 is 19.9 Å². The number of ether oxygens (including phenoxy) is 1. The zero-order valence-corrected chi connectivity index (χ0v) is 13.9. The van der Waals surface area contributed by atoms with Crippen molar-refractivity contribution in [3.8, 4) is 5.75 Å². The van der Waals surface area contributed by atoms with Crippen LogP contribution in [0, 0.1) is 5.92 Å². The van der Waals surface area contributed by atoms with Gasteiger partial charge in [0.25, 0.3) is 5.91 Å². The Balaban J connectivity index is 1.79. The van der Waals surface area contributed by atoms with Crippen molar-refractivity contribution in [2.45, 2.75) is 13.8 Å². The number of hydrogen-bond donors (Lipinski definition) is 2. The second-order valence-corrected chi connectivity index (χ2v) is 6.31. The summed E-state index contributed by atoms with van der Waals surface area (Å²) in [5, 5.41) is 3.00. The highest BCUT2D eigenvalue weighted by Gasteiger charge is 2.22. The minimum Gasteiger partial charge on any atom is -0.497 e. The Morgan fingerprint density at radius 1 is 1.36 bits per heavy atom. The molecule has 0 bridgehead atoms. The molecule has 22 heavy (non-hydrogen) atoms.